The fraction of sp³-hybridized carbons (Fsp3) is 0.571. The second-order valence-electron chi connectivity index (χ2n) is 4.99. The standard InChI is InChI=1S/C14H21NO/c1-10-6-13(14(16)7-11(10)2)9-15-8-12-4-3-5-12/h6-7,12,15-16H,3-5,8-9H2,1-2H3. The van der Waals surface area contributed by atoms with Gasteiger partial charge in [-0.15, -0.1) is 0 Å². The molecule has 0 spiro atoms. The van der Waals surface area contributed by atoms with Crippen molar-refractivity contribution in [1.29, 1.82) is 0 Å². The molecule has 2 rings (SSSR count). The summed E-state index contributed by atoms with van der Waals surface area (Å²) in [5.41, 5.74) is 3.42. The molecular formula is C14H21NO. The summed E-state index contributed by atoms with van der Waals surface area (Å²) in [6.45, 7) is 5.99. The number of aryl methyl sites for hydroxylation is 2. The summed E-state index contributed by atoms with van der Waals surface area (Å²) in [6.07, 6.45) is 4.12. The number of phenolic OH excluding ortho intramolecular Hbond substituents is 1. The Labute approximate surface area is 97.7 Å². The van der Waals surface area contributed by atoms with Crippen LogP contribution >= 0.6 is 0 Å². The maximum atomic E-state index is 9.81. The van der Waals surface area contributed by atoms with Crippen LogP contribution in [0.5, 0.6) is 5.75 Å². The summed E-state index contributed by atoms with van der Waals surface area (Å²) in [5.74, 6) is 1.29. The molecule has 0 radical (unpaired) electrons. The van der Waals surface area contributed by atoms with Crippen LogP contribution in [-0.2, 0) is 6.54 Å². The van der Waals surface area contributed by atoms with E-state index >= 15 is 0 Å². The molecule has 2 nitrogen and oxygen atoms in total. The number of aromatic hydroxyl groups is 1. The fourth-order valence-corrected chi connectivity index (χ4v) is 2.11. The molecule has 1 aliphatic carbocycles. The Balaban J connectivity index is 1.90. The second-order valence-corrected chi connectivity index (χ2v) is 4.99. The number of hydrogen-bond donors (Lipinski definition) is 2. The van der Waals surface area contributed by atoms with Crippen LogP contribution in [0.2, 0.25) is 0 Å². The molecule has 16 heavy (non-hydrogen) atoms. The molecule has 2 N–H and O–H groups in total. The van der Waals surface area contributed by atoms with Crippen LogP contribution in [-0.4, -0.2) is 11.7 Å². The van der Waals surface area contributed by atoms with Crippen molar-refractivity contribution in [1.82, 2.24) is 5.32 Å². The lowest BCUT2D eigenvalue weighted by Crippen LogP contribution is -2.26. The maximum Gasteiger partial charge on any atom is 0.120 e. The highest BCUT2D eigenvalue weighted by molar-refractivity contribution is 5.40. The molecule has 0 aliphatic heterocycles. The molecule has 2 heteroatoms. The zero-order valence-corrected chi connectivity index (χ0v) is 10.2. The molecule has 0 heterocycles. The zero-order valence-electron chi connectivity index (χ0n) is 10.2. The van der Waals surface area contributed by atoms with E-state index in [1.807, 2.05) is 13.0 Å². The number of rotatable bonds is 4. The van der Waals surface area contributed by atoms with Crippen molar-refractivity contribution in [2.75, 3.05) is 6.54 Å². The Hall–Kier alpha value is -1.02. The molecule has 0 atom stereocenters. The van der Waals surface area contributed by atoms with E-state index in [-0.39, 0.29) is 0 Å². The Bertz CT molecular complexity index is 369. The lowest BCUT2D eigenvalue weighted by molar-refractivity contribution is 0.300. The van der Waals surface area contributed by atoms with E-state index in [0.29, 0.717) is 5.75 Å². The van der Waals surface area contributed by atoms with Gasteiger partial charge in [0, 0.05) is 12.1 Å². The van der Waals surface area contributed by atoms with E-state index in [0.717, 1.165) is 30.1 Å². The lowest BCUT2D eigenvalue weighted by atomic mass is 9.85. The first-order valence-corrected chi connectivity index (χ1v) is 6.16. The zero-order chi connectivity index (χ0) is 11.5. The van der Waals surface area contributed by atoms with Gasteiger partial charge in [0.05, 0.1) is 0 Å². The Morgan fingerprint density at radius 2 is 1.94 bits per heavy atom. The van der Waals surface area contributed by atoms with Crippen molar-refractivity contribution in [2.45, 2.75) is 39.7 Å². The average Bonchev–Trinajstić information content (AvgIpc) is 2.17. The fourth-order valence-electron chi connectivity index (χ4n) is 2.11. The van der Waals surface area contributed by atoms with Crippen molar-refractivity contribution in [2.24, 2.45) is 5.92 Å². The molecule has 1 aromatic carbocycles. The van der Waals surface area contributed by atoms with E-state index in [2.05, 4.69) is 18.3 Å². The van der Waals surface area contributed by atoms with Crippen molar-refractivity contribution in [3.05, 3.63) is 28.8 Å². The van der Waals surface area contributed by atoms with Gasteiger partial charge < -0.3 is 10.4 Å². The second kappa shape index (κ2) is 4.88. The molecule has 0 amide bonds. The van der Waals surface area contributed by atoms with Crippen LogP contribution in [0, 0.1) is 19.8 Å². The quantitative estimate of drug-likeness (QED) is 0.816. The van der Waals surface area contributed by atoms with E-state index in [1.54, 1.807) is 0 Å². The van der Waals surface area contributed by atoms with Crippen LogP contribution in [0.25, 0.3) is 0 Å². The van der Waals surface area contributed by atoms with Gasteiger partial charge in [-0.25, -0.2) is 0 Å². The third-order valence-corrected chi connectivity index (χ3v) is 3.67. The topological polar surface area (TPSA) is 32.3 Å². The van der Waals surface area contributed by atoms with E-state index in [9.17, 15) is 5.11 Å². The van der Waals surface area contributed by atoms with Crippen molar-refractivity contribution in [3.8, 4) is 5.75 Å². The van der Waals surface area contributed by atoms with Crippen molar-refractivity contribution < 1.29 is 5.11 Å². The lowest BCUT2D eigenvalue weighted by Gasteiger charge is -2.25. The summed E-state index contributed by atoms with van der Waals surface area (Å²) in [7, 11) is 0. The largest absolute Gasteiger partial charge is 0.508 e. The van der Waals surface area contributed by atoms with Gasteiger partial charge in [0.15, 0.2) is 0 Å². The molecule has 0 unspecified atom stereocenters. The molecule has 1 aromatic rings. The van der Waals surface area contributed by atoms with Crippen molar-refractivity contribution in [3.63, 3.8) is 0 Å². The summed E-state index contributed by atoms with van der Waals surface area (Å²) in [4.78, 5) is 0. The molecule has 1 fully saturated rings. The van der Waals surface area contributed by atoms with Gasteiger partial charge in [-0.05, 0) is 56.3 Å². The molecule has 0 bridgehead atoms. The van der Waals surface area contributed by atoms with Gasteiger partial charge in [-0.2, -0.15) is 0 Å². The summed E-state index contributed by atoms with van der Waals surface area (Å²) < 4.78 is 0. The minimum Gasteiger partial charge on any atom is -0.508 e. The first kappa shape index (κ1) is 11.5. The Morgan fingerprint density at radius 3 is 2.56 bits per heavy atom. The SMILES string of the molecule is Cc1cc(O)c(CNCC2CCC2)cc1C. The first-order chi connectivity index (χ1) is 7.66. The number of nitrogens with one attached hydrogen (secondary N) is 1. The highest BCUT2D eigenvalue weighted by Gasteiger charge is 2.16. The predicted octanol–water partition coefficient (Wildman–Crippen LogP) is 2.90. The summed E-state index contributed by atoms with van der Waals surface area (Å²) >= 11 is 0. The molecule has 1 aliphatic rings. The monoisotopic (exact) mass is 219 g/mol. The van der Waals surface area contributed by atoms with Crippen LogP contribution in [0.1, 0.15) is 36.0 Å². The highest BCUT2D eigenvalue weighted by atomic mass is 16.3. The number of benzene rings is 1. The van der Waals surface area contributed by atoms with Gasteiger partial charge in [-0.1, -0.05) is 12.5 Å². The molecule has 0 saturated heterocycles. The van der Waals surface area contributed by atoms with Gasteiger partial charge in [-0.3, -0.25) is 0 Å². The Morgan fingerprint density at radius 1 is 1.25 bits per heavy atom. The van der Waals surface area contributed by atoms with Crippen LogP contribution < -0.4 is 5.32 Å². The third kappa shape index (κ3) is 2.56. The minimum atomic E-state index is 0.421. The molecular weight excluding hydrogens is 198 g/mol. The predicted molar refractivity (Wildman–Crippen MR) is 66.6 cm³/mol. The summed E-state index contributed by atoms with van der Waals surface area (Å²) in [6, 6.07) is 3.94. The van der Waals surface area contributed by atoms with Crippen LogP contribution in [0.15, 0.2) is 12.1 Å². The average molecular weight is 219 g/mol. The first-order valence-electron chi connectivity index (χ1n) is 6.16. The maximum absolute atomic E-state index is 9.81. The van der Waals surface area contributed by atoms with Gasteiger partial charge in [0.1, 0.15) is 5.75 Å². The smallest absolute Gasteiger partial charge is 0.120 e. The summed E-state index contributed by atoms with van der Waals surface area (Å²) in [5, 5.41) is 13.2. The minimum absolute atomic E-state index is 0.421. The van der Waals surface area contributed by atoms with E-state index in [1.165, 1.54) is 24.8 Å². The van der Waals surface area contributed by atoms with Gasteiger partial charge >= 0.3 is 0 Å². The Kier molecular flexibility index (Phi) is 3.49. The van der Waals surface area contributed by atoms with Crippen molar-refractivity contribution >= 4 is 0 Å². The number of hydrogen-bond acceptors (Lipinski definition) is 2. The third-order valence-electron chi connectivity index (χ3n) is 3.67. The highest BCUT2D eigenvalue weighted by Crippen LogP contribution is 2.26. The van der Waals surface area contributed by atoms with Gasteiger partial charge in [0.25, 0.3) is 0 Å². The van der Waals surface area contributed by atoms with Crippen LogP contribution in [0.3, 0.4) is 0 Å². The molecule has 1 saturated carbocycles. The van der Waals surface area contributed by atoms with E-state index in [4.69, 9.17) is 0 Å². The van der Waals surface area contributed by atoms with E-state index < -0.39 is 0 Å². The molecule has 0 aromatic heterocycles. The normalized spacial score (nSPS) is 16.1. The molecule has 88 valence electrons. The van der Waals surface area contributed by atoms with Crippen LogP contribution in [0.4, 0.5) is 0 Å². The number of phenols is 1. The van der Waals surface area contributed by atoms with Gasteiger partial charge in [0.2, 0.25) is 0 Å².